The highest BCUT2D eigenvalue weighted by molar-refractivity contribution is 8.18. The van der Waals surface area contributed by atoms with Crippen molar-refractivity contribution >= 4 is 63.1 Å². The van der Waals surface area contributed by atoms with Crippen molar-refractivity contribution in [3.05, 3.63) is 88.0 Å². The highest BCUT2D eigenvalue weighted by Gasteiger charge is 2.36. The van der Waals surface area contributed by atoms with Gasteiger partial charge in [0.15, 0.2) is 11.5 Å². The van der Waals surface area contributed by atoms with Crippen LogP contribution >= 0.6 is 11.8 Å². The first-order valence-corrected chi connectivity index (χ1v) is 14.4. The van der Waals surface area contributed by atoms with Crippen molar-refractivity contribution < 1.29 is 28.7 Å². The summed E-state index contributed by atoms with van der Waals surface area (Å²) >= 11 is 0.790. The number of carbonyl (C=O) groups excluding carboxylic acids is 4. The first-order chi connectivity index (χ1) is 20.7. The molecule has 2 N–H and O–H groups in total. The monoisotopic (exact) mass is 596 g/mol. The Morgan fingerprint density at radius 3 is 2.49 bits per heavy atom. The van der Waals surface area contributed by atoms with Crippen LogP contribution in [0.15, 0.2) is 65.6 Å². The summed E-state index contributed by atoms with van der Waals surface area (Å²) in [6.45, 7) is 5.47. The molecular weight excluding hydrogens is 568 g/mol. The van der Waals surface area contributed by atoms with Gasteiger partial charge in [-0.25, -0.2) is 0 Å². The Labute approximate surface area is 251 Å². The molecule has 0 aliphatic carbocycles. The Hall–Kier alpha value is -5.03. The minimum absolute atomic E-state index is 0.0225. The molecule has 3 heterocycles. The maximum atomic E-state index is 13.3. The quantitative estimate of drug-likeness (QED) is 0.266. The van der Waals surface area contributed by atoms with Gasteiger partial charge in [-0.15, -0.1) is 0 Å². The molecule has 0 atom stereocenters. The van der Waals surface area contributed by atoms with Crippen molar-refractivity contribution in [2.24, 2.45) is 0 Å². The number of aryl methyl sites for hydroxylation is 2. The zero-order valence-corrected chi connectivity index (χ0v) is 24.5. The number of hydrogen-bond donors (Lipinski definition) is 2. The average molecular weight is 597 g/mol. The maximum Gasteiger partial charge on any atom is 0.294 e. The largest absolute Gasteiger partial charge is 0.454 e. The van der Waals surface area contributed by atoms with Crippen molar-refractivity contribution in [2.45, 2.75) is 27.3 Å². The summed E-state index contributed by atoms with van der Waals surface area (Å²) in [4.78, 5) is 53.1. The molecule has 10 nitrogen and oxygen atoms in total. The molecule has 2 aliphatic heterocycles. The highest BCUT2D eigenvalue weighted by Crippen LogP contribution is 2.36. The lowest BCUT2D eigenvalue weighted by Gasteiger charge is -2.14. The van der Waals surface area contributed by atoms with Crippen molar-refractivity contribution in [1.82, 2.24) is 9.47 Å². The number of hydrogen-bond acceptors (Lipinski definition) is 7. The van der Waals surface area contributed by atoms with E-state index < -0.39 is 23.6 Å². The fourth-order valence-corrected chi connectivity index (χ4v) is 6.04. The molecule has 1 saturated heterocycles. The second-order valence-electron chi connectivity index (χ2n) is 10.4. The number of nitrogens with one attached hydrogen (secondary N) is 2. The van der Waals surface area contributed by atoms with Gasteiger partial charge in [0.1, 0.15) is 13.1 Å². The van der Waals surface area contributed by atoms with E-state index >= 15 is 0 Å². The topological polar surface area (TPSA) is 119 Å². The molecule has 0 bridgehead atoms. The molecule has 0 spiro atoms. The highest BCUT2D eigenvalue weighted by atomic mass is 32.2. The summed E-state index contributed by atoms with van der Waals surface area (Å²) in [5.41, 5.74) is 5.44. The number of nitrogens with zero attached hydrogens (tertiary/aromatic N) is 2. The SMILES string of the molecule is Cc1ccc(NC(=O)CN2C(=O)S/C(=C\c3c(C)n(CC(=O)Nc4ccc5c(c4)OCO5)c4ccccc34)C2=O)c(C)c1. The molecule has 3 aromatic carbocycles. The molecule has 0 unspecified atom stereocenters. The number of benzene rings is 3. The van der Waals surface area contributed by atoms with Gasteiger partial charge in [0.25, 0.3) is 11.1 Å². The van der Waals surface area contributed by atoms with Crippen LogP contribution in [0.4, 0.5) is 16.2 Å². The summed E-state index contributed by atoms with van der Waals surface area (Å²) in [7, 11) is 0. The van der Waals surface area contributed by atoms with Crippen LogP contribution in [0.25, 0.3) is 17.0 Å². The van der Waals surface area contributed by atoms with Gasteiger partial charge in [-0.05, 0) is 68.4 Å². The van der Waals surface area contributed by atoms with Gasteiger partial charge in [0, 0.05) is 39.6 Å². The van der Waals surface area contributed by atoms with E-state index in [1.54, 1.807) is 30.3 Å². The third-order valence-electron chi connectivity index (χ3n) is 7.34. The van der Waals surface area contributed by atoms with Crippen molar-refractivity contribution in [3.63, 3.8) is 0 Å². The Bertz CT molecular complexity index is 1860. The first kappa shape index (κ1) is 28.1. The van der Waals surface area contributed by atoms with E-state index in [1.807, 2.05) is 61.7 Å². The number of fused-ring (bicyclic) bond motifs is 2. The first-order valence-electron chi connectivity index (χ1n) is 13.6. The zero-order chi connectivity index (χ0) is 30.2. The Balaban J connectivity index is 1.21. The second kappa shape index (κ2) is 11.3. The molecule has 0 radical (unpaired) electrons. The predicted octanol–water partition coefficient (Wildman–Crippen LogP) is 5.61. The number of rotatable bonds is 7. The summed E-state index contributed by atoms with van der Waals surface area (Å²) in [6.07, 6.45) is 1.66. The molecule has 1 fully saturated rings. The normalized spacial score (nSPS) is 15.0. The summed E-state index contributed by atoms with van der Waals surface area (Å²) in [5.74, 6) is -0.0515. The smallest absolute Gasteiger partial charge is 0.294 e. The summed E-state index contributed by atoms with van der Waals surface area (Å²) < 4.78 is 12.6. The van der Waals surface area contributed by atoms with Gasteiger partial charge in [0.2, 0.25) is 18.6 Å². The van der Waals surface area contributed by atoms with Gasteiger partial charge < -0.3 is 24.7 Å². The molecule has 4 amide bonds. The minimum atomic E-state index is -0.539. The van der Waals surface area contributed by atoms with Gasteiger partial charge in [-0.1, -0.05) is 35.9 Å². The van der Waals surface area contributed by atoms with Crippen LogP contribution in [0, 0.1) is 20.8 Å². The number of anilines is 2. The van der Waals surface area contributed by atoms with E-state index in [4.69, 9.17) is 9.47 Å². The van der Waals surface area contributed by atoms with E-state index in [1.165, 1.54) is 0 Å². The molecule has 2 aliphatic rings. The molecule has 43 heavy (non-hydrogen) atoms. The molecular formula is C32H28N4O6S. The number of para-hydroxylation sites is 1. The number of imide groups is 1. The summed E-state index contributed by atoms with van der Waals surface area (Å²) in [6, 6.07) is 18.4. The fraction of sp³-hybridized carbons (Fsp3) is 0.188. The van der Waals surface area contributed by atoms with Gasteiger partial charge in [-0.3, -0.25) is 24.1 Å². The van der Waals surface area contributed by atoms with E-state index in [0.29, 0.717) is 22.9 Å². The predicted molar refractivity (Wildman–Crippen MR) is 165 cm³/mol. The Morgan fingerprint density at radius 1 is 0.907 bits per heavy atom. The Kier molecular flexibility index (Phi) is 7.41. The number of amides is 4. The molecule has 0 saturated carbocycles. The van der Waals surface area contributed by atoms with Gasteiger partial charge in [0.05, 0.1) is 4.91 Å². The van der Waals surface area contributed by atoms with Crippen LogP contribution in [0.5, 0.6) is 11.5 Å². The number of aromatic nitrogens is 1. The fourth-order valence-electron chi connectivity index (χ4n) is 5.22. The Morgan fingerprint density at radius 2 is 1.67 bits per heavy atom. The lowest BCUT2D eigenvalue weighted by Crippen LogP contribution is -2.36. The van der Waals surface area contributed by atoms with Crippen LogP contribution in [-0.2, 0) is 20.9 Å². The minimum Gasteiger partial charge on any atom is -0.454 e. The number of ether oxygens (including phenoxy) is 2. The lowest BCUT2D eigenvalue weighted by atomic mass is 10.1. The van der Waals surface area contributed by atoms with E-state index in [0.717, 1.165) is 49.9 Å². The maximum absolute atomic E-state index is 13.3. The third-order valence-corrected chi connectivity index (χ3v) is 8.25. The molecule has 4 aromatic rings. The number of carbonyl (C=O) groups is 4. The standard InChI is InChI=1S/C32H28N4O6S/c1-18-8-10-24(19(2)12-18)34-30(38)16-36-31(39)28(43-32(36)40)14-23-20(3)35(25-7-5-4-6-22(23)25)15-29(37)33-21-9-11-26-27(13-21)42-17-41-26/h4-14H,15-17H2,1-3H3,(H,33,37)(H,34,38)/b28-14-. The third kappa shape index (κ3) is 5.59. The van der Waals surface area contributed by atoms with Crippen molar-refractivity contribution in [3.8, 4) is 11.5 Å². The zero-order valence-electron chi connectivity index (χ0n) is 23.7. The van der Waals surface area contributed by atoms with Crippen molar-refractivity contribution in [2.75, 3.05) is 24.0 Å². The average Bonchev–Trinajstić information content (AvgIpc) is 3.62. The van der Waals surface area contributed by atoms with Gasteiger partial charge in [-0.2, -0.15) is 0 Å². The molecule has 6 rings (SSSR count). The lowest BCUT2D eigenvalue weighted by molar-refractivity contribution is -0.127. The van der Waals surface area contributed by atoms with Gasteiger partial charge >= 0.3 is 0 Å². The van der Waals surface area contributed by atoms with Crippen LogP contribution in [-0.4, -0.2) is 45.8 Å². The summed E-state index contributed by atoms with van der Waals surface area (Å²) in [5, 5.41) is 5.99. The molecule has 218 valence electrons. The van der Waals surface area contributed by atoms with Crippen LogP contribution in [0.1, 0.15) is 22.4 Å². The molecule has 11 heteroatoms. The van der Waals surface area contributed by atoms with Crippen LogP contribution in [0.3, 0.4) is 0 Å². The number of thioether (sulfide) groups is 1. The van der Waals surface area contributed by atoms with E-state index in [2.05, 4.69) is 10.6 Å². The molecule has 1 aromatic heterocycles. The van der Waals surface area contributed by atoms with E-state index in [9.17, 15) is 19.2 Å². The van der Waals surface area contributed by atoms with Crippen molar-refractivity contribution in [1.29, 1.82) is 0 Å². The van der Waals surface area contributed by atoms with Crippen LogP contribution < -0.4 is 20.1 Å². The van der Waals surface area contributed by atoms with E-state index in [-0.39, 0.29) is 24.2 Å². The van der Waals surface area contributed by atoms with Crippen LogP contribution in [0.2, 0.25) is 0 Å². The second-order valence-corrected chi connectivity index (χ2v) is 11.3.